The van der Waals surface area contributed by atoms with Gasteiger partial charge in [-0.3, -0.25) is 9.80 Å². The summed E-state index contributed by atoms with van der Waals surface area (Å²) in [7, 11) is -3.41. The van der Waals surface area contributed by atoms with Crippen LogP contribution in [0.3, 0.4) is 0 Å². The second-order valence-corrected chi connectivity index (χ2v) is 11.6. The number of rotatable bonds is 9. The summed E-state index contributed by atoms with van der Waals surface area (Å²) in [6.07, 6.45) is -0.606. The molecule has 1 aliphatic heterocycles. The van der Waals surface area contributed by atoms with Crippen LogP contribution in [0.15, 0.2) is 47.4 Å². The van der Waals surface area contributed by atoms with Gasteiger partial charge in [-0.25, -0.2) is 13.4 Å². The number of sulfone groups is 1. The number of nitrogens with zero attached hydrogens (tertiary/aromatic N) is 3. The third kappa shape index (κ3) is 6.21. The summed E-state index contributed by atoms with van der Waals surface area (Å²) >= 11 is 1.65. The first-order chi connectivity index (χ1) is 15.8. The number of benzene rings is 2. The Morgan fingerprint density at radius 2 is 1.88 bits per heavy atom. The van der Waals surface area contributed by atoms with E-state index in [1.807, 2.05) is 25.1 Å². The van der Waals surface area contributed by atoms with Crippen molar-refractivity contribution >= 4 is 37.1 Å². The van der Waals surface area contributed by atoms with Gasteiger partial charge in [-0.1, -0.05) is 12.1 Å². The van der Waals surface area contributed by atoms with E-state index in [1.165, 1.54) is 0 Å². The first-order valence-corrected chi connectivity index (χ1v) is 13.5. The lowest BCUT2D eigenvalue weighted by Crippen LogP contribution is -2.50. The van der Waals surface area contributed by atoms with Crippen LogP contribution in [0.5, 0.6) is 5.75 Å². The van der Waals surface area contributed by atoms with Gasteiger partial charge in [-0.15, -0.1) is 11.3 Å². The van der Waals surface area contributed by atoms with E-state index < -0.39 is 15.9 Å². The highest BCUT2D eigenvalue weighted by Gasteiger charge is 2.23. The first kappa shape index (κ1) is 23.9. The lowest BCUT2D eigenvalue weighted by Gasteiger charge is -2.35. The van der Waals surface area contributed by atoms with Crippen molar-refractivity contribution < 1.29 is 18.3 Å². The second kappa shape index (κ2) is 10.4. The number of fused-ring (bicyclic) bond motifs is 1. The Kier molecular flexibility index (Phi) is 7.50. The average molecular weight is 491 g/mol. The number of aryl methyl sites for hydroxylation is 1. The lowest BCUT2D eigenvalue weighted by atomic mass is 10.2. The van der Waals surface area contributed by atoms with Crippen LogP contribution in [-0.4, -0.2) is 86.0 Å². The zero-order valence-corrected chi connectivity index (χ0v) is 20.3. The second-order valence-electron chi connectivity index (χ2n) is 8.33. The molecule has 2 aromatic carbocycles. The van der Waals surface area contributed by atoms with Gasteiger partial charge < -0.3 is 15.6 Å². The monoisotopic (exact) mass is 490 g/mol. The highest BCUT2D eigenvalue weighted by Crippen LogP contribution is 2.25. The summed E-state index contributed by atoms with van der Waals surface area (Å²) in [6, 6.07) is 12.4. The van der Waals surface area contributed by atoms with E-state index in [2.05, 4.69) is 14.8 Å². The number of β-amino-alcohol motifs (C(OH)–C–C–N with tert-alkyl or cyclic N) is 1. The molecule has 1 unspecified atom stereocenters. The third-order valence-corrected chi connectivity index (χ3v) is 8.49. The molecule has 1 fully saturated rings. The van der Waals surface area contributed by atoms with Crippen molar-refractivity contribution in [3.8, 4) is 5.75 Å². The molecule has 2 heterocycles. The van der Waals surface area contributed by atoms with Gasteiger partial charge >= 0.3 is 0 Å². The molecule has 1 saturated heterocycles. The standard InChI is InChI=1S/C23H30N4O4S2/c1-17-25-21-14-19(6-7-22(21)32-17)31-16-18(28)15-27-10-8-26(9-11-27)12-13-33(29,30)23-5-3-2-4-20(23)24/h2-7,14,18,28H,8-13,15-16,24H2,1H3. The molecule has 1 aromatic heterocycles. The highest BCUT2D eigenvalue weighted by atomic mass is 32.2. The summed E-state index contributed by atoms with van der Waals surface area (Å²) in [5.41, 5.74) is 7.04. The van der Waals surface area contributed by atoms with Crippen molar-refractivity contribution in [1.82, 2.24) is 14.8 Å². The topological polar surface area (TPSA) is 109 Å². The van der Waals surface area contributed by atoms with Gasteiger partial charge in [-0.05, 0) is 31.2 Å². The molecule has 33 heavy (non-hydrogen) atoms. The molecular formula is C23H30N4O4S2. The lowest BCUT2D eigenvalue weighted by molar-refractivity contribution is 0.0472. The molecule has 1 atom stereocenters. The highest BCUT2D eigenvalue weighted by molar-refractivity contribution is 7.91. The number of anilines is 1. The molecule has 3 aromatic rings. The zero-order valence-electron chi connectivity index (χ0n) is 18.7. The SMILES string of the molecule is Cc1nc2cc(OCC(O)CN3CCN(CCS(=O)(=O)c4ccccc4N)CC3)ccc2s1. The maximum absolute atomic E-state index is 12.6. The molecule has 8 nitrogen and oxygen atoms in total. The number of ether oxygens (including phenoxy) is 1. The van der Waals surface area contributed by atoms with E-state index in [0.717, 1.165) is 41.4 Å². The van der Waals surface area contributed by atoms with Crippen LogP contribution < -0.4 is 10.5 Å². The summed E-state index contributed by atoms with van der Waals surface area (Å²) in [5.74, 6) is 0.748. The van der Waals surface area contributed by atoms with E-state index in [4.69, 9.17) is 10.5 Å². The molecule has 0 saturated carbocycles. The fourth-order valence-electron chi connectivity index (χ4n) is 3.97. The Hall–Kier alpha value is -2.24. The Morgan fingerprint density at radius 3 is 2.64 bits per heavy atom. The van der Waals surface area contributed by atoms with Gasteiger partial charge in [0.15, 0.2) is 9.84 Å². The number of nitrogens with two attached hydrogens (primary N) is 1. The van der Waals surface area contributed by atoms with Gasteiger partial charge in [0, 0.05) is 45.3 Å². The van der Waals surface area contributed by atoms with Crippen molar-refractivity contribution in [2.75, 3.05) is 57.4 Å². The molecule has 0 spiro atoms. The molecule has 10 heteroatoms. The average Bonchev–Trinajstić information content (AvgIpc) is 3.17. The summed E-state index contributed by atoms with van der Waals surface area (Å²) < 4.78 is 32.1. The van der Waals surface area contributed by atoms with Crippen LogP contribution >= 0.6 is 11.3 Å². The molecule has 0 radical (unpaired) electrons. The van der Waals surface area contributed by atoms with E-state index in [0.29, 0.717) is 24.5 Å². The number of hydrogen-bond acceptors (Lipinski definition) is 9. The van der Waals surface area contributed by atoms with Crippen molar-refractivity contribution in [3.63, 3.8) is 0 Å². The number of aromatic nitrogens is 1. The minimum atomic E-state index is -3.41. The quantitative estimate of drug-likeness (QED) is 0.439. The van der Waals surface area contributed by atoms with Gasteiger partial charge in [0.2, 0.25) is 0 Å². The van der Waals surface area contributed by atoms with Crippen molar-refractivity contribution in [2.24, 2.45) is 0 Å². The van der Waals surface area contributed by atoms with Gasteiger partial charge in [-0.2, -0.15) is 0 Å². The molecule has 0 bridgehead atoms. The number of piperazine rings is 1. The van der Waals surface area contributed by atoms with Crippen molar-refractivity contribution in [1.29, 1.82) is 0 Å². The molecule has 3 N–H and O–H groups in total. The number of hydrogen-bond donors (Lipinski definition) is 2. The molecular weight excluding hydrogens is 460 g/mol. The van der Waals surface area contributed by atoms with Crippen LogP contribution in [0.1, 0.15) is 5.01 Å². The largest absolute Gasteiger partial charge is 0.491 e. The fourth-order valence-corrected chi connectivity index (χ4v) is 6.21. The summed E-state index contributed by atoms with van der Waals surface area (Å²) in [4.78, 5) is 9.00. The van der Waals surface area contributed by atoms with Crippen LogP contribution in [-0.2, 0) is 9.84 Å². The first-order valence-electron chi connectivity index (χ1n) is 11.0. The van der Waals surface area contributed by atoms with E-state index >= 15 is 0 Å². The third-order valence-electron chi connectivity index (χ3n) is 5.77. The Bertz CT molecular complexity index is 1190. The minimum Gasteiger partial charge on any atom is -0.491 e. The minimum absolute atomic E-state index is 0.0422. The van der Waals surface area contributed by atoms with Gasteiger partial charge in [0.05, 0.1) is 31.6 Å². The van der Waals surface area contributed by atoms with Crippen molar-refractivity contribution in [3.05, 3.63) is 47.5 Å². The van der Waals surface area contributed by atoms with E-state index in [-0.39, 0.29) is 17.3 Å². The maximum atomic E-state index is 12.6. The number of para-hydroxylation sites is 1. The molecule has 4 rings (SSSR count). The smallest absolute Gasteiger partial charge is 0.181 e. The Morgan fingerprint density at radius 1 is 1.15 bits per heavy atom. The summed E-state index contributed by atoms with van der Waals surface area (Å²) in [5, 5.41) is 11.4. The van der Waals surface area contributed by atoms with E-state index in [1.54, 1.807) is 35.6 Å². The number of aliphatic hydroxyl groups is 1. The molecule has 0 aliphatic carbocycles. The van der Waals surface area contributed by atoms with E-state index in [9.17, 15) is 13.5 Å². The number of thiazole rings is 1. The van der Waals surface area contributed by atoms with Gasteiger partial charge in [0.25, 0.3) is 0 Å². The van der Waals surface area contributed by atoms with Crippen LogP contribution in [0.25, 0.3) is 10.2 Å². The Labute approximate surface area is 198 Å². The predicted octanol–water partition coefficient (Wildman–Crippen LogP) is 2.02. The summed E-state index contributed by atoms with van der Waals surface area (Å²) in [6.45, 7) is 6.24. The molecule has 178 valence electrons. The van der Waals surface area contributed by atoms with Crippen molar-refractivity contribution in [2.45, 2.75) is 17.9 Å². The normalized spacial score (nSPS) is 16.8. The molecule has 1 aliphatic rings. The molecule has 0 amide bonds. The van der Waals surface area contributed by atoms with Crippen LogP contribution in [0, 0.1) is 6.92 Å². The maximum Gasteiger partial charge on any atom is 0.181 e. The fraction of sp³-hybridized carbons (Fsp3) is 0.435. The Balaban J connectivity index is 1.19. The van der Waals surface area contributed by atoms with Crippen LogP contribution in [0.4, 0.5) is 5.69 Å². The predicted molar refractivity (Wildman–Crippen MR) is 132 cm³/mol. The number of nitrogen functional groups attached to an aromatic ring is 1. The number of aliphatic hydroxyl groups excluding tert-OH is 1. The van der Waals surface area contributed by atoms with Crippen LogP contribution in [0.2, 0.25) is 0 Å². The zero-order chi connectivity index (χ0) is 23.4. The van der Waals surface area contributed by atoms with Gasteiger partial charge in [0.1, 0.15) is 18.5 Å².